The molecule has 0 radical (unpaired) electrons. The molecule has 0 aliphatic carbocycles. The van der Waals surface area contributed by atoms with E-state index in [4.69, 9.17) is 5.73 Å². The van der Waals surface area contributed by atoms with Gasteiger partial charge < -0.3 is 5.73 Å². The summed E-state index contributed by atoms with van der Waals surface area (Å²) in [5.41, 5.74) is 6.55. The second kappa shape index (κ2) is 3.56. The predicted molar refractivity (Wildman–Crippen MR) is 48.8 cm³/mol. The Hall–Kier alpha value is -1.06. The Kier molecular flexibility index (Phi) is 2.68. The Morgan fingerprint density at radius 3 is 2.67 bits per heavy atom. The summed E-state index contributed by atoms with van der Waals surface area (Å²) in [7, 11) is 0. The smallest absolute Gasteiger partial charge is 0.168 e. The summed E-state index contributed by atoms with van der Waals surface area (Å²) in [5.74, 6) is 0.540. The predicted octanol–water partition coefficient (Wildman–Crippen LogP) is 1.53. The van der Waals surface area contributed by atoms with Crippen molar-refractivity contribution in [2.45, 2.75) is 39.7 Å². The summed E-state index contributed by atoms with van der Waals surface area (Å²) >= 11 is 0. The molecular formula is C8H16N4. The lowest BCUT2D eigenvalue weighted by Crippen LogP contribution is -2.08. The largest absolute Gasteiger partial charge is 0.381 e. The van der Waals surface area contributed by atoms with Gasteiger partial charge in [-0.25, -0.2) is 4.68 Å². The molecule has 1 heterocycles. The number of anilines is 1. The van der Waals surface area contributed by atoms with Crippen LogP contribution in [-0.4, -0.2) is 15.0 Å². The number of aromatic nitrogens is 3. The Morgan fingerprint density at radius 2 is 2.25 bits per heavy atom. The van der Waals surface area contributed by atoms with Crippen LogP contribution >= 0.6 is 0 Å². The van der Waals surface area contributed by atoms with Gasteiger partial charge in [-0.3, -0.25) is 0 Å². The highest BCUT2D eigenvalue weighted by Crippen LogP contribution is 2.15. The molecule has 2 N–H and O–H groups in total. The van der Waals surface area contributed by atoms with Crippen LogP contribution in [0.3, 0.4) is 0 Å². The van der Waals surface area contributed by atoms with Gasteiger partial charge in [0.2, 0.25) is 0 Å². The summed E-state index contributed by atoms with van der Waals surface area (Å²) in [6.45, 7) is 6.23. The molecule has 1 atom stereocenters. The van der Waals surface area contributed by atoms with E-state index in [9.17, 15) is 0 Å². The van der Waals surface area contributed by atoms with E-state index in [-0.39, 0.29) is 0 Å². The van der Waals surface area contributed by atoms with Crippen molar-refractivity contribution in [3.05, 3.63) is 5.69 Å². The molecule has 4 heteroatoms. The molecule has 1 unspecified atom stereocenters. The van der Waals surface area contributed by atoms with Crippen molar-refractivity contribution in [3.63, 3.8) is 0 Å². The van der Waals surface area contributed by atoms with Gasteiger partial charge in [-0.15, -0.1) is 5.10 Å². The zero-order valence-electron chi connectivity index (χ0n) is 7.91. The first-order valence-corrected chi connectivity index (χ1v) is 4.34. The zero-order valence-corrected chi connectivity index (χ0v) is 7.91. The number of hydrogen-bond donors (Lipinski definition) is 1. The second-order valence-corrected chi connectivity index (χ2v) is 3.14. The first-order valence-electron chi connectivity index (χ1n) is 4.34. The number of hydrogen-bond acceptors (Lipinski definition) is 3. The number of nitrogens with two attached hydrogens (primary N) is 1. The molecule has 0 saturated carbocycles. The van der Waals surface area contributed by atoms with Crippen LogP contribution in [0.2, 0.25) is 0 Å². The molecule has 0 spiro atoms. The second-order valence-electron chi connectivity index (χ2n) is 3.14. The summed E-state index contributed by atoms with van der Waals surface area (Å²) < 4.78 is 1.89. The van der Waals surface area contributed by atoms with Crippen molar-refractivity contribution in [2.24, 2.45) is 0 Å². The lowest BCUT2D eigenvalue weighted by Gasteiger charge is -2.11. The van der Waals surface area contributed by atoms with Crippen LogP contribution in [-0.2, 0) is 0 Å². The fraction of sp³-hybridized carbons (Fsp3) is 0.750. The van der Waals surface area contributed by atoms with Crippen LogP contribution in [0.4, 0.5) is 5.82 Å². The van der Waals surface area contributed by atoms with Crippen molar-refractivity contribution in [1.82, 2.24) is 15.0 Å². The van der Waals surface area contributed by atoms with E-state index in [1.54, 1.807) is 0 Å². The lowest BCUT2D eigenvalue weighted by atomic mass is 10.2. The molecule has 0 fully saturated rings. The molecule has 68 valence electrons. The SMILES string of the molecule is CCCC(C)n1nnc(N)c1C. The van der Waals surface area contributed by atoms with Crippen LogP contribution in [0.25, 0.3) is 0 Å². The molecule has 4 nitrogen and oxygen atoms in total. The Labute approximate surface area is 72.8 Å². The number of nitrogens with zero attached hydrogens (tertiary/aromatic N) is 3. The van der Waals surface area contributed by atoms with E-state index in [2.05, 4.69) is 24.2 Å². The van der Waals surface area contributed by atoms with Gasteiger partial charge in [0.15, 0.2) is 5.82 Å². The average Bonchev–Trinajstić information content (AvgIpc) is 2.34. The molecule has 1 aromatic heterocycles. The molecule has 0 aliphatic rings. The van der Waals surface area contributed by atoms with Gasteiger partial charge in [0.05, 0.1) is 11.7 Å². The minimum absolute atomic E-state index is 0.403. The van der Waals surface area contributed by atoms with Gasteiger partial charge in [0, 0.05) is 0 Å². The van der Waals surface area contributed by atoms with Gasteiger partial charge in [0.25, 0.3) is 0 Å². The maximum absolute atomic E-state index is 5.58. The van der Waals surface area contributed by atoms with E-state index in [0.29, 0.717) is 11.9 Å². The van der Waals surface area contributed by atoms with E-state index < -0.39 is 0 Å². The van der Waals surface area contributed by atoms with Gasteiger partial charge in [0.1, 0.15) is 0 Å². The van der Waals surface area contributed by atoms with Crippen molar-refractivity contribution >= 4 is 5.82 Å². The van der Waals surface area contributed by atoms with Crippen LogP contribution in [0.15, 0.2) is 0 Å². The third-order valence-corrected chi connectivity index (χ3v) is 2.09. The Bertz CT molecular complexity index is 254. The zero-order chi connectivity index (χ0) is 9.14. The van der Waals surface area contributed by atoms with Crippen LogP contribution < -0.4 is 5.73 Å². The summed E-state index contributed by atoms with van der Waals surface area (Å²) in [4.78, 5) is 0. The van der Waals surface area contributed by atoms with Crippen LogP contribution in [0, 0.1) is 6.92 Å². The van der Waals surface area contributed by atoms with E-state index in [1.165, 1.54) is 0 Å². The molecule has 0 saturated heterocycles. The highest BCUT2D eigenvalue weighted by Gasteiger charge is 2.10. The highest BCUT2D eigenvalue weighted by molar-refractivity contribution is 5.31. The average molecular weight is 168 g/mol. The topological polar surface area (TPSA) is 56.7 Å². The molecule has 0 bridgehead atoms. The van der Waals surface area contributed by atoms with Gasteiger partial charge >= 0.3 is 0 Å². The molecule has 12 heavy (non-hydrogen) atoms. The summed E-state index contributed by atoms with van der Waals surface area (Å²) in [6.07, 6.45) is 2.27. The van der Waals surface area contributed by atoms with Crippen molar-refractivity contribution in [3.8, 4) is 0 Å². The minimum atomic E-state index is 0.403. The molecule has 1 rings (SSSR count). The fourth-order valence-corrected chi connectivity index (χ4v) is 1.31. The first-order chi connectivity index (χ1) is 5.66. The Morgan fingerprint density at radius 1 is 1.58 bits per heavy atom. The lowest BCUT2D eigenvalue weighted by molar-refractivity contribution is 0.435. The van der Waals surface area contributed by atoms with E-state index in [1.807, 2.05) is 11.6 Å². The minimum Gasteiger partial charge on any atom is -0.381 e. The Balaban J connectivity index is 2.80. The summed E-state index contributed by atoms with van der Waals surface area (Å²) in [5, 5.41) is 7.79. The maximum Gasteiger partial charge on any atom is 0.168 e. The summed E-state index contributed by atoms with van der Waals surface area (Å²) in [6, 6.07) is 0.403. The number of rotatable bonds is 3. The van der Waals surface area contributed by atoms with E-state index in [0.717, 1.165) is 18.5 Å². The molecule has 0 aromatic carbocycles. The highest BCUT2D eigenvalue weighted by atomic mass is 15.5. The third kappa shape index (κ3) is 1.57. The van der Waals surface area contributed by atoms with E-state index >= 15 is 0 Å². The fourth-order valence-electron chi connectivity index (χ4n) is 1.31. The first kappa shape index (κ1) is 9.03. The van der Waals surface area contributed by atoms with Gasteiger partial charge in [-0.1, -0.05) is 18.6 Å². The molecule has 1 aromatic rings. The van der Waals surface area contributed by atoms with Crippen molar-refractivity contribution in [2.75, 3.05) is 5.73 Å². The van der Waals surface area contributed by atoms with Crippen LogP contribution in [0.1, 0.15) is 38.4 Å². The maximum atomic E-state index is 5.58. The quantitative estimate of drug-likeness (QED) is 0.744. The number of nitrogen functional groups attached to an aromatic ring is 1. The van der Waals surface area contributed by atoms with Crippen molar-refractivity contribution in [1.29, 1.82) is 0 Å². The van der Waals surface area contributed by atoms with Crippen molar-refractivity contribution < 1.29 is 0 Å². The molecular weight excluding hydrogens is 152 g/mol. The standard InChI is InChI=1S/C8H16N4/c1-4-5-6(2)12-7(3)8(9)10-11-12/h6H,4-5,9H2,1-3H3. The monoisotopic (exact) mass is 168 g/mol. The van der Waals surface area contributed by atoms with Gasteiger partial charge in [-0.05, 0) is 20.3 Å². The molecule has 0 amide bonds. The third-order valence-electron chi connectivity index (χ3n) is 2.09. The molecule has 0 aliphatic heterocycles. The van der Waals surface area contributed by atoms with Gasteiger partial charge in [-0.2, -0.15) is 0 Å². The normalized spacial score (nSPS) is 13.2. The van der Waals surface area contributed by atoms with Crippen LogP contribution in [0.5, 0.6) is 0 Å².